The molecule has 0 spiro atoms. The van der Waals surface area contributed by atoms with Crippen molar-refractivity contribution >= 4 is 8.56 Å². The van der Waals surface area contributed by atoms with Crippen LogP contribution in [0.4, 0.5) is 0 Å². The van der Waals surface area contributed by atoms with E-state index in [0.717, 1.165) is 31.7 Å². The molecule has 0 aliphatic carbocycles. The summed E-state index contributed by atoms with van der Waals surface area (Å²) in [4.78, 5) is 0. The van der Waals surface area contributed by atoms with Gasteiger partial charge < -0.3 is 14.6 Å². The van der Waals surface area contributed by atoms with Crippen molar-refractivity contribution < 1.29 is 8.85 Å². The molecule has 0 fully saturated rings. The van der Waals surface area contributed by atoms with Gasteiger partial charge in [0, 0.05) is 25.3 Å². The molecule has 0 aromatic carbocycles. The van der Waals surface area contributed by atoms with Crippen molar-refractivity contribution in [1.82, 2.24) is 0 Å². The van der Waals surface area contributed by atoms with Crippen molar-refractivity contribution in [1.29, 1.82) is 0 Å². The molecular formula is C10H25NO2Si. The van der Waals surface area contributed by atoms with Crippen LogP contribution in [0.15, 0.2) is 0 Å². The summed E-state index contributed by atoms with van der Waals surface area (Å²) >= 11 is 0. The van der Waals surface area contributed by atoms with Crippen LogP contribution in [0.2, 0.25) is 12.1 Å². The van der Waals surface area contributed by atoms with Crippen LogP contribution in [-0.4, -0.2) is 27.8 Å². The molecule has 0 saturated carbocycles. The van der Waals surface area contributed by atoms with Gasteiger partial charge in [-0.3, -0.25) is 0 Å². The van der Waals surface area contributed by atoms with E-state index < -0.39 is 8.56 Å². The maximum atomic E-state index is 5.97. The minimum absolute atomic E-state index is 0.222. The van der Waals surface area contributed by atoms with Gasteiger partial charge in [0.1, 0.15) is 0 Å². The van der Waals surface area contributed by atoms with Crippen molar-refractivity contribution in [3.05, 3.63) is 0 Å². The minimum Gasteiger partial charge on any atom is -0.394 e. The Morgan fingerprint density at radius 1 is 1.07 bits per heavy atom. The van der Waals surface area contributed by atoms with E-state index in [9.17, 15) is 0 Å². The van der Waals surface area contributed by atoms with Crippen molar-refractivity contribution in [2.24, 2.45) is 5.73 Å². The molecule has 0 aromatic heterocycles. The van der Waals surface area contributed by atoms with Crippen molar-refractivity contribution in [3.8, 4) is 0 Å². The molecule has 0 heterocycles. The Morgan fingerprint density at radius 3 is 1.86 bits per heavy atom. The molecule has 0 amide bonds. The lowest BCUT2D eigenvalue weighted by Gasteiger charge is -2.30. The third-order valence-electron chi connectivity index (χ3n) is 2.45. The van der Waals surface area contributed by atoms with E-state index in [1.165, 1.54) is 0 Å². The molecule has 14 heavy (non-hydrogen) atoms. The topological polar surface area (TPSA) is 44.5 Å². The van der Waals surface area contributed by atoms with Gasteiger partial charge in [-0.05, 0) is 26.3 Å². The zero-order valence-corrected chi connectivity index (χ0v) is 11.0. The average molecular weight is 219 g/mol. The fraction of sp³-hybridized carbons (Fsp3) is 1.00. The maximum Gasteiger partial charge on any atom is 0.339 e. The van der Waals surface area contributed by atoms with Gasteiger partial charge in [-0.1, -0.05) is 13.8 Å². The smallest absolute Gasteiger partial charge is 0.339 e. The highest BCUT2D eigenvalue weighted by atomic mass is 28.4. The Hall–Kier alpha value is 0.0969. The first-order chi connectivity index (χ1) is 6.64. The van der Waals surface area contributed by atoms with Crippen LogP contribution in [0.1, 0.15) is 34.1 Å². The summed E-state index contributed by atoms with van der Waals surface area (Å²) in [5.74, 6) is 0. The van der Waals surface area contributed by atoms with Gasteiger partial charge in [0.2, 0.25) is 0 Å². The zero-order valence-electron chi connectivity index (χ0n) is 10.0. The Morgan fingerprint density at radius 2 is 1.57 bits per heavy atom. The van der Waals surface area contributed by atoms with Crippen LogP contribution in [0.3, 0.4) is 0 Å². The highest BCUT2D eigenvalue weighted by molar-refractivity contribution is 6.67. The van der Waals surface area contributed by atoms with Crippen molar-refractivity contribution in [2.45, 2.75) is 52.2 Å². The summed E-state index contributed by atoms with van der Waals surface area (Å²) < 4.78 is 11.7. The monoisotopic (exact) mass is 219 g/mol. The lowest BCUT2D eigenvalue weighted by molar-refractivity contribution is 0.181. The fourth-order valence-electron chi connectivity index (χ4n) is 1.58. The molecular weight excluding hydrogens is 194 g/mol. The first-order valence-electron chi connectivity index (χ1n) is 5.67. The predicted octanol–water partition coefficient (Wildman–Crippen LogP) is 2.26. The molecule has 0 rings (SSSR count). The normalized spacial score (nSPS) is 14.4. The summed E-state index contributed by atoms with van der Waals surface area (Å²) in [6.07, 6.45) is 0.995. The molecule has 0 radical (unpaired) electrons. The van der Waals surface area contributed by atoms with Crippen LogP contribution in [0.25, 0.3) is 0 Å². The highest BCUT2D eigenvalue weighted by Crippen LogP contribution is 2.21. The lowest BCUT2D eigenvalue weighted by atomic mass is 10.3. The second kappa shape index (κ2) is 7.40. The van der Waals surface area contributed by atoms with E-state index in [1.54, 1.807) is 0 Å². The number of rotatable bonds is 8. The summed E-state index contributed by atoms with van der Waals surface area (Å²) in [6.45, 7) is 9.76. The van der Waals surface area contributed by atoms with Crippen LogP contribution in [0.5, 0.6) is 0 Å². The predicted molar refractivity (Wildman–Crippen MR) is 62.6 cm³/mol. The van der Waals surface area contributed by atoms with Crippen molar-refractivity contribution in [3.63, 3.8) is 0 Å². The third-order valence-corrected chi connectivity index (χ3v) is 6.30. The molecule has 0 aliphatic heterocycles. The van der Waals surface area contributed by atoms with Crippen molar-refractivity contribution in [2.75, 3.05) is 13.2 Å². The van der Waals surface area contributed by atoms with Crippen LogP contribution in [0, 0.1) is 0 Å². The standard InChI is InChI=1S/C10H25NO2Si/c1-5-10(11)9-14(8-4,12-6-2)13-7-3/h10H,5-9,11H2,1-4H3. The Balaban J connectivity index is 4.31. The lowest BCUT2D eigenvalue weighted by Crippen LogP contribution is -2.46. The van der Waals surface area contributed by atoms with E-state index in [-0.39, 0.29) is 6.04 Å². The number of hydrogen-bond acceptors (Lipinski definition) is 3. The highest BCUT2D eigenvalue weighted by Gasteiger charge is 2.36. The first-order valence-corrected chi connectivity index (χ1v) is 7.90. The molecule has 1 unspecified atom stereocenters. The van der Waals surface area contributed by atoms with Gasteiger partial charge in [0.25, 0.3) is 0 Å². The summed E-state index contributed by atoms with van der Waals surface area (Å²) in [5, 5.41) is 0. The minimum atomic E-state index is -1.98. The molecule has 0 saturated heterocycles. The largest absolute Gasteiger partial charge is 0.394 e. The van der Waals surface area contributed by atoms with E-state index >= 15 is 0 Å². The van der Waals surface area contributed by atoms with Gasteiger partial charge in [-0.15, -0.1) is 0 Å². The summed E-state index contributed by atoms with van der Waals surface area (Å²) in [5.41, 5.74) is 5.97. The first kappa shape index (κ1) is 14.1. The molecule has 86 valence electrons. The van der Waals surface area contributed by atoms with Gasteiger partial charge >= 0.3 is 8.56 Å². The third kappa shape index (κ3) is 4.55. The Labute approximate surface area is 89.2 Å². The molecule has 3 nitrogen and oxygen atoms in total. The second-order valence-electron chi connectivity index (χ2n) is 3.50. The van der Waals surface area contributed by atoms with Gasteiger partial charge in [0.15, 0.2) is 0 Å². The average Bonchev–Trinajstić information content (AvgIpc) is 2.18. The summed E-state index contributed by atoms with van der Waals surface area (Å²) in [7, 11) is -1.98. The quantitative estimate of drug-likeness (QED) is 0.637. The number of hydrogen-bond donors (Lipinski definition) is 1. The van der Waals surface area contributed by atoms with Crippen LogP contribution >= 0.6 is 0 Å². The van der Waals surface area contributed by atoms with E-state index in [0.29, 0.717) is 0 Å². The molecule has 1 atom stereocenters. The van der Waals surface area contributed by atoms with Crippen LogP contribution in [-0.2, 0) is 8.85 Å². The van der Waals surface area contributed by atoms with E-state index in [2.05, 4.69) is 13.8 Å². The molecule has 0 aliphatic rings. The van der Waals surface area contributed by atoms with Gasteiger partial charge in [0.05, 0.1) is 0 Å². The summed E-state index contributed by atoms with van der Waals surface area (Å²) in [6, 6.07) is 2.13. The van der Waals surface area contributed by atoms with Crippen LogP contribution < -0.4 is 5.73 Å². The van der Waals surface area contributed by atoms with E-state index in [4.69, 9.17) is 14.6 Å². The molecule has 2 N–H and O–H groups in total. The molecule has 4 heteroatoms. The zero-order chi connectivity index (χ0) is 11.0. The Bertz CT molecular complexity index is 138. The van der Waals surface area contributed by atoms with E-state index in [1.807, 2.05) is 13.8 Å². The fourth-order valence-corrected chi connectivity index (χ4v) is 4.73. The van der Waals surface area contributed by atoms with Gasteiger partial charge in [-0.25, -0.2) is 0 Å². The number of nitrogens with two attached hydrogens (primary N) is 1. The SMILES string of the molecule is CCO[Si](CC)(CC(N)CC)OCC. The van der Waals surface area contributed by atoms with Gasteiger partial charge in [-0.2, -0.15) is 0 Å². The molecule has 0 bridgehead atoms. The second-order valence-corrected chi connectivity index (χ2v) is 7.02. The Kier molecular flexibility index (Phi) is 7.45. The maximum absolute atomic E-state index is 5.97. The molecule has 0 aromatic rings.